The minimum Gasteiger partial charge on any atom is -0.505 e. The van der Waals surface area contributed by atoms with Crippen molar-refractivity contribution in [1.29, 1.82) is 0 Å². The van der Waals surface area contributed by atoms with Gasteiger partial charge in [-0.15, -0.1) is 0 Å². The molecule has 0 aliphatic carbocycles. The molecule has 1 aliphatic heterocycles. The van der Waals surface area contributed by atoms with Crippen molar-refractivity contribution >= 4 is 45.5 Å². The van der Waals surface area contributed by atoms with Crippen LogP contribution in [0.1, 0.15) is 28.4 Å². The lowest BCUT2D eigenvalue weighted by molar-refractivity contribution is -0.112. The minimum absolute atomic E-state index is 0.0768. The molecular formula is C25H21ClN4O3. The number of hydrazone groups is 2. The van der Waals surface area contributed by atoms with E-state index in [4.69, 9.17) is 11.6 Å². The molecule has 0 bridgehead atoms. The predicted molar refractivity (Wildman–Crippen MR) is 131 cm³/mol. The number of amides is 1. The Labute approximate surface area is 196 Å². The number of halogens is 1. The van der Waals surface area contributed by atoms with Gasteiger partial charge in [0.25, 0.3) is 5.24 Å². The van der Waals surface area contributed by atoms with Gasteiger partial charge in [-0.25, -0.2) is 0 Å². The van der Waals surface area contributed by atoms with Crippen LogP contribution in [-0.2, 0) is 4.79 Å². The van der Waals surface area contributed by atoms with Crippen LogP contribution in [0, 0.1) is 13.8 Å². The van der Waals surface area contributed by atoms with E-state index in [1.165, 1.54) is 5.01 Å². The van der Waals surface area contributed by atoms with Gasteiger partial charge in [-0.3, -0.25) is 15.0 Å². The highest BCUT2D eigenvalue weighted by Gasteiger charge is 2.31. The van der Waals surface area contributed by atoms with Crippen molar-refractivity contribution in [3.8, 4) is 16.9 Å². The standard InChI is InChI=1S/C25H21ClN4O3/c1-14-10-11-19(12-15(14)2)30-25(33)22(16(3)29-30)28-27-21-9-5-8-20(23(21)31)17-6-4-7-18(13-17)24(26)32/h4-13,27,31H,1-3H3/b28-22+. The van der Waals surface area contributed by atoms with Crippen LogP contribution in [0.15, 0.2) is 70.9 Å². The van der Waals surface area contributed by atoms with Gasteiger partial charge in [-0.2, -0.15) is 15.2 Å². The van der Waals surface area contributed by atoms with Crippen LogP contribution >= 0.6 is 11.6 Å². The molecule has 4 rings (SSSR count). The first kappa shape index (κ1) is 22.2. The summed E-state index contributed by atoms with van der Waals surface area (Å²) < 4.78 is 0. The molecule has 3 aromatic rings. The van der Waals surface area contributed by atoms with Gasteiger partial charge in [0.15, 0.2) is 5.71 Å². The summed E-state index contributed by atoms with van der Waals surface area (Å²) in [5, 5.41) is 20.1. The molecule has 8 heteroatoms. The summed E-state index contributed by atoms with van der Waals surface area (Å²) in [6.45, 7) is 5.67. The molecule has 33 heavy (non-hydrogen) atoms. The number of hydrogen-bond donors (Lipinski definition) is 2. The fourth-order valence-electron chi connectivity index (χ4n) is 3.45. The molecule has 7 nitrogen and oxygen atoms in total. The van der Waals surface area contributed by atoms with Gasteiger partial charge in [-0.1, -0.05) is 36.4 Å². The van der Waals surface area contributed by atoms with Crippen LogP contribution in [0.3, 0.4) is 0 Å². The first-order valence-corrected chi connectivity index (χ1v) is 10.6. The quantitative estimate of drug-likeness (QED) is 0.309. The normalized spacial score (nSPS) is 14.5. The van der Waals surface area contributed by atoms with Gasteiger partial charge >= 0.3 is 5.91 Å². The fraction of sp³-hybridized carbons (Fsp3) is 0.120. The zero-order chi connectivity index (χ0) is 23.7. The molecule has 0 fully saturated rings. The van der Waals surface area contributed by atoms with E-state index in [-0.39, 0.29) is 17.4 Å². The van der Waals surface area contributed by atoms with E-state index in [1.807, 2.05) is 32.0 Å². The molecule has 0 atom stereocenters. The molecule has 166 valence electrons. The highest BCUT2D eigenvalue weighted by atomic mass is 35.5. The SMILES string of the molecule is CC1=NN(c2ccc(C)c(C)c2)C(=O)/C1=N/Nc1cccc(-c2cccc(C(=O)Cl)c2)c1O. The van der Waals surface area contributed by atoms with Crippen molar-refractivity contribution in [2.24, 2.45) is 10.2 Å². The van der Waals surface area contributed by atoms with Gasteiger partial charge in [0.1, 0.15) is 5.75 Å². The molecule has 0 radical (unpaired) electrons. The van der Waals surface area contributed by atoms with Crippen LogP contribution in [-0.4, -0.2) is 27.7 Å². The molecule has 0 aromatic heterocycles. The van der Waals surface area contributed by atoms with Crippen molar-refractivity contribution < 1.29 is 14.7 Å². The monoisotopic (exact) mass is 460 g/mol. The summed E-state index contributed by atoms with van der Waals surface area (Å²) in [5.74, 6) is -0.445. The molecule has 0 saturated carbocycles. The summed E-state index contributed by atoms with van der Waals surface area (Å²) in [7, 11) is 0. The number of para-hydroxylation sites is 1. The molecule has 1 amide bonds. The molecule has 0 unspecified atom stereocenters. The number of nitrogens with zero attached hydrogens (tertiary/aromatic N) is 3. The number of phenolic OH excluding ortho intramolecular Hbond substituents is 1. The second kappa shape index (κ2) is 8.88. The predicted octanol–water partition coefficient (Wildman–Crippen LogP) is 5.25. The second-order valence-electron chi connectivity index (χ2n) is 7.70. The van der Waals surface area contributed by atoms with Gasteiger partial charge in [-0.05, 0) is 73.3 Å². The summed E-state index contributed by atoms with van der Waals surface area (Å²) in [6, 6.07) is 17.4. The van der Waals surface area contributed by atoms with Crippen LogP contribution in [0.25, 0.3) is 11.1 Å². The van der Waals surface area contributed by atoms with E-state index in [0.29, 0.717) is 33.8 Å². The van der Waals surface area contributed by atoms with Crippen molar-refractivity contribution in [3.63, 3.8) is 0 Å². The Morgan fingerprint density at radius 2 is 1.79 bits per heavy atom. The lowest BCUT2D eigenvalue weighted by Crippen LogP contribution is -2.28. The number of rotatable bonds is 5. The maximum atomic E-state index is 12.9. The lowest BCUT2D eigenvalue weighted by Gasteiger charge is -2.13. The number of aromatic hydroxyl groups is 1. The number of hydrogen-bond acceptors (Lipinski definition) is 6. The minimum atomic E-state index is -0.583. The summed E-state index contributed by atoms with van der Waals surface area (Å²) in [5.41, 5.74) is 7.93. The number of phenols is 1. The number of aryl methyl sites for hydroxylation is 2. The molecule has 0 saturated heterocycles. The zero-order valence-electron chi connectivity index (χ0n) is 18.3. The van der Waals surface area contributed by atoms with E-state index < -0.39 is 5.24 Å². The Morgan fingerprint density at radius 3 is 2.52 bits per heavy atom. The molecule has 3 aromatic carbocycles. The van der Waals surface area contributed by atoms with Crippen molar-refractivity contribution in [1.82, 2.24) is 0 Å². The number of anilines is 2. The van der Waals surface area contributed by atoms with Crippen LogP contribution in [0.4, 0.5) is 11.4 Å². The summed E-state index contributed by atoms with van der Waals surface area (Å²) in [4.78, 5) is 24.4. The largest absolute Gasteiger partial charge is 0.505 e. The number of carbonyl (C=O) groups excluding carboxylic acids is 2. The molecule has 0 spiro atoms. The van der Waals surface area contributed by atoms with E-state index in [0.717, 1.165) is 11.1 Å². The van der Waals surface area contributed by atoms with Crippen molar-refractivity contribution in [3.05, 3.63) is 77.4 Å². The lowest BCUT2D eigenvalue weighted by atomic mass is 10.0. The molecular weight excluding hydrogens is 440 g/mol. The zero-order valence-corrected chi connectivity index (χ0v) is 19.0. The third kappa shape index (κ3) is 4.36. The topological polar surface area (TPSA) is 94.4 Å². The average Bonchev–Trinajstić information content (AvgIpc) is 3.08. The molecule has 2 N–H and O–H groups in total. The van der Waals surface area contributed by atoms with Gasteiger partial charge < -0.3 is 5.11 Å². The first-order valence-electron chi connectivity index (χ1n) is 10.2. The molecule has 1 heterocycles. The highest BCUT2D eigenvalue weighted by molar-refractivity contribution is 6.71. The Bertz CT molecular complexity index is 1350. The Balaban J connectivity index is 1.61. The van der Waals surface area contributed by atoms with E-state index in [9.17, 15) is 14.7 Å². The van der Waals surface area contributed by atoms with Crippen molar-refractivity contribution in [2.75, 3.05) is 10.4 Å². The van der Waals surface area contributed by atoms with Crippen LogP contribution in [0.2, 0.25) is 0 Å². The van der Waals surface area contributed by atoms with E-state index >= 15 is 0 Å². The smallest absolute Gasteiger partial charge is 0.301 e. The van der Waals surface area contributed by atoms with Crippen LogP contribution in [0.5, 0.6) is 5.75 Å². The first-order chi connectivity index (χ1) is 15.8. The third-order valence-corrected chi connectivity index (χ3v) is 5.67. The number of carbonyl (C=O) groups is 2. The van der Waals surface area contributed by atoms with Gasteiger partial charge in [0.2, 0.25) is 0 Å². The van der Waals surface area contributed by atoms with Gasteiger partial charge in [0, 0.05) is 11.1 Å². The third-order valence-electron chi connectivity index (χ3n) is 5.45. The van der Waals surface area contributed by atoms with Crippen LogP contribution < -0.4 is 10.4 Å². The maximum Gasteiger partial charge on any atom is 0.301 e. The highest BCUT2D eigenvalue weighted by Crippen LogP contribution is 2.36. The maximum absolute atomic E-state index is 12.9. The van der Waals surface area contributed by atoms with Gasteiger partial charge in [0.05, 0.1) is 17.1 Å². The second-order valence-corrected chi connectivity index (χ2v) is 8.04. The van der Waals surface area contributed by atoms with E-state index in [1.54, 1.807) is 49.4 Å². The Kier molecular flexibility index (Phi) is 5.98. The Morgan fingerprint density at radius 1 is 1.03 bits per heavy atom. The fourth-order valence-corrected chi connectivity index (χ4v) is 3.57. The summed E-state index contributed by atoms with van der Waals surface area (Å²) in [6.07, 6.45) is 0. The number of nitrogens with one attached hydrogen (secondary N) is 1. The van der Waals surface area contributed by atoms with Crippen molar-refractivity contribution in [2.45, 2.75) is 20.8 Å². The average molecular weight is 461 g/mol. The number of benzene rings is 3. The summed E-state index contributed by atoms with van der Waals surface area (Å²) >= 11 is 5.58. The van der Waals surface area contributed by atoms with E-state index in [2.05, 4.69) is 15.6 Å². The molecule has 1 aliphatic rings. The Hall–Kier alpha value is -3.97.